The van der Waals surface area contributed by atoms with Gasteiger partial charge in [-0.15, -0.1) is 0 Å². The van der Waals surface area contributed by atoms with Crippen LogP contribution in [0.4, 0.5) is 0 Å². The van der Waals surface area contributed by atoms with Crippen LogP contribution in [0.1, 0.15) is 59.8 Å². The summed E-state index contributed by atoms with van der Waals surface area (Å²) in [7, 11) is 1.80. The molecule has 1 aliphatic carbocycles. The second kappa shape index (κ2) is 6.75. The van der Waals surface area contributed by atoms with E-state index in [4.69, 9.17) is 4.74 Å². The third kappa shape index (κ3) is 5.39. The zero-order valence-corrected chi connectivity index (χ0v) is 12.4. The van der Waals surface area contributed by atoms with E-state index in [1.54, 1.807) is 7.11 Å². The molecule has 17 heavy (non-hydrogen) atoms. The normalized spacial score (nSPS) is 30.2. The minimum atomic E-state index is 0.499. The van der Waals surface area contributed by atoms with Gasteiger partial charge in [-0.2, -0.15) is 0 Å². The first-order chi connectivity index (χ1) is 7.96. The van der Waals surface area contributed by atoms with Crippen molar-refractivity contribution < 1.29 is 4.74 Å². The molecule has 0 radical (unpaired) electrons. The second-order valence-corrected chi connectivity index (χ2v) is 6.72. The minimum absolute atomic E-state index is 0.499. The van der Waals surface area contributed by atoms with Crippen molar-refractivity contribution in [2.24, 2.45) is 11.3 Å². The largest absolute Gasteiger partial charge is 0.383 e. The molecule has 0 heterocycles. The van der Waals surface area contributed by atoms with E-state index in [0.29, 0.717) is 17.5 Å². The van der Waals surface area contributed by atoms with Gasteiger partial charge in [0.2, 0.25) is 0 Å². The Balaban J connectivity index is 2.47. The summed E-state index contributed by atoms with van der Waals surface area (Å²) in [4.78, 5) is 0. The predicted molar refractivity (Wildman–Crippen MR) is 74.3 cm³/mol. The van der Waals surface area contributed by atoms with Crippen LogP contribution < -0.4 is 5.32 Å². The SMILES string of the molecule is CCCC(COC)NC1CC(C)CC(C)(C)C1. The maximum Gasteiger partial charge on any atom is 0.0615 e. The molecule has 102 valence electrons. The molecule has 0 aromatic heterocycles. The molecule has 1 N–H and O–H groups in total. The summed E-state index contributed by atoms with van der Waals surface area (Å²) in [6.07, 6.45) is 6.45. The average molecular weight is 241 g/mol. The van der Waals surface area contributed by atoms with E-state index in [-0.39, 0.29) is 0 Å². The van der Waals surface area contributed by atoms with Crippen molar-refractivity contribution in [2.75, 3.05) is 13.7 Å². The Morgan fingerprint density at radius 2 is 2.06 bits per heavy atom. The van der Waals surface area contributed by atoms with Crippen LogP contribution in [-0.2, 0) is 4.74 Å². The zero-order valence-electron chi connectivity index (χ0n) is 12.4. The maximum absolute atomic E-state index is 5.31. The van der Waals surface area contributed by atoms with Gasteiger partial charge in [0.15, 0.2) is 0 Å². The van der Waals surface area contributed by atoms with Gasteiger partial charge >= 0.3 is 0 Å². The number of rotatable bonds is 6. The zero-order chi connectivity index (χ0) is 12.9. The summed E-state index contributed by atoms with van der Waals surface area (Å²) in [6, 6.07) is 1.22. The maximum atomic E-state index is 5.31. The summed E-state index contributed by atoms with van der Waals surface area (Å²) in [5.41, 5.74) is 0.499. The fourth-order valence-electron chi connectivity index (χ4n) is 3.57. The lowest BCUT2D eigenvalue weighted by molar-refractivity contribution is 0.114. The highest BCUT2D eigenvalue weighted by Crippen LogP contribution is 2.38. The molecule has 2 nitrogen and oxygen atoms in total. The van der Waals surface area contributed by atoms with Crippen molar-refractivity contribution >= 4 is 0 Å². The van der Waals surface area contributed by atoms with Gasteiger partial charge in [0, 0.05) is 19.2 Å². The van der Waals surface area contributed by atoms with Crippen LogP contribution in [0.25, 0.3) is 0 Å². The monoisotopic (exact) mass is 241 g/mol. The molecule has 3 unspecified atom stereocenters. The van der Waals surface area contributed by atoms with E-state index in [2.05, 4.69) is 33.0 Å². The van der Waals surface area contributed by atoms with Crippen molar-refractivity contribution in [3.05, 3.63) is 0 Å². The highest BCUT2D eigenvalue weighted by atomic mass is 16.5. The Labute approximate surface area is 108 Å². The lowest BCUT2D eigenvalue weighted by Crippen LogP contribution is -2.46. The molecular weight excluding hydrogens is 210 g/mol. The summed E-state index contributed by atoms with van der Waals surface area (Å²) in [5, 5.41) is 3.82. The lowest BCUT2D eigenvalue weighted by atomic mass is 9.70. The van der Waals surface area contributed by atoms with E-state index in [1.165, 1.54) is 32.1 Å². The fraction of sp³-hybridized carbons (Fsp3) is 1.00. The number of hydrogen-bond donors (Lipinski definition) is 1. The van der Waals surface area contributed by atoms with Gasteiger partial charge in [-0.05, 0) is 37.0 Å². The molecular formula is C15H31NO. The molecule has 0 amide bonds. The Morgan fingerprint density at radius 3 is 2.59 bits per heavy atom. The van der Waals surface area contributed by atoms with E-state index >= 15 is 0 Å². The van der Waals surface area contributed by atoms with Crippen LogP contribution >= 0.6 is 0 Å². The Morgan fingerprint density at radius 1 is 1.35 bits per heavy atom. The Bertz CT molecular complexity index is 209. The molecule has 0 aromatic rings. The third-order valence-corrected chi connectivity index (χ3v) is 3.86. The molecule has 0 bridgehead atoms. The number of methoxy groups -OCH3 is 1. The van der Waals surface area contributed by atoms with Crippen molar-refractivity contribution in [3.63, 3.8) is 0 Å². The minimum Gasteiger partial charge on any atom is -0.383 e. The second-order valence-electron chi connectivity index (χ2n) is 6.72. The topological polar surface area (TPSA) is 21.3 Å². The molecule has 0 aliphatic heterocycles. The van der Waals surface area contributed by atoms with Gasteiger partial charge in [0.1, 0.15) is 0 Å². The molecule has 2 heteroatoms. The quantitative estimate of drug-likeness (QED) is 0.767. The first-order valence-electron chi connectivity index (χ1n) is 7.22. The van der Waals surface area contributed by atoms with Crippen LogP contribution in [0.2, 0.25) is 0 Å². The van der Waals surface area contributed by atoms with Crippen LogP contribution in [-0.4, -0.2) is 25.8 Å². The molecule has 1 aliphatic rings. The third-order valence-electron chi connectivity index (χ3n) is 3.86. The van der Waals surface area contributed by atoms with Crippen molar-refractivity contribution in [3.8, 4) is 0 Å². The molecule has 0 spiro atoms. The number of hydrogen-bond acceptors (Lipinski definition) is 2. The van der Waals surface area contributed by atoms with Crippen molar-refractivity contribution in [1.82, 2.24) is 5.32 Å². The van der Waals surface area contributed by atoms with Gasteiger partial charge in [0.25, 0.3) is 0 Å². The summed E-state index contributed by atoms with van der Waals surface area (Å²) in [5.74, 6) is 0.848. The predicted octanol–water partition coefficient (Wildman–Crippen LogP) is 3.61. The van der Waals surface area contributed by atoms with Gasteiger partial charge in [-0.1, -0.05) is 34.1 Å². The first kappa shape index (κ1) is 15.0. The molecule has 0 aromatic carbocycles. The standard InChI is InChI=1S/C15H31NO/c1-6-7-13(11-17-5)16-14-8-12(2)9-15(3,4)10-14/h12-14,16H,6-11H2,1-5H3. The smallest absolute Gasteiger partial charge is 0.0615 e. The first-order valence-corrected chi connectivity index (χ1v) is 7.22. The van der Waals surface area contributed by atoms with E-state index in [0.717, 1.165) is 12.5 Å². The van der Waals surface area contributed by atoms with E-state index in [1.807, 2.05) is 0 Å². The highest BCUT2D eigenvalue weighted by molar-refractivity contribution is 4.88. The van der Waals surface area contributed by atoms with Gasteiger partial charge < -0.3 is 10.1 Å². The molecule has 3 atom stereocenters. The van der Waals surface area contributed by atoms with Crippen molar-refractivity contribution in [1.29, 1.82) is 0 Å². The number of nitrogens with one attached hydrogen (secondary N) is 1. The summed E-state index contributed by atoms with van der Waals surface area (Å²) >= 11 is 0. The van der Waals surface area contributed by atoms with E-state index < -0.39 is 0 Å². The van der Waals surface area contributed by atoms with Crippen LogP contribution in [0.3, 0.4) is 0 Å². The highest BCUT2D eigenvalue weighted by Gasteiger charge is 2.32. The van der Waals surface area contributed by atoms with Crippen LogP contribution in [0, 0.1) is 11.3 Å². The molecule has 0 saturated heterocycles. The fourth-order valence-corrected chi connectivity index (χ4v) is 3.57. The van der Waals surface area contributed by atoms with Gasteiger partial charge in [-0.25, -0.2) is 0 Å². The van der Waals surface area contributed by atoms with Crippen molar-refractivity contribution in [2.45, 2.75) is 71.9 Å². The Kier molecular flexibility index (Phi) is 5.94. The van der Waals surface area contributed by atoms with Gasteiger partial charge in [-0.3, -0.25) is 0 Å². The van der Waals surface area contributed by atoms with Crippen LogP contribution in [0.15, 0.2) is 0 Å². The molecule has 1 fully saturated rings. The summed E-state index contributed by atoms with van der Waals surface area (Å²) < 4.78 is 5.31. The molecule has 1 saturated carbocycles. The Hall–Kier alpha value is -0.0800. The van der Waals surface area contributed by atoms with Gasteiger partial charge in [0.05, 0.1) is 6.61 Å². The molecule has 1 rings (SSSR count). The van der Waals surface area contributed by atoms with E-state index in [9.17, 15) is 0 Å². The number of ether oxygens (including phenoxy) is 1. The summed E-state index contributed by atoms with van der Waals surface area (Å²) in [6.45, 7) is 10.3. The van der Waals surface area contributed by atoms with Crippen LogP contribution in [0.5, 0.6) is 0 Å². The average Bonchev–Trinajstić information content (AvgIpc) is 2.14. The lowest BCUT2D eigenvalue weighted by Gasteiger charge is -2.40.